The Hall–Kier alpha value is -1.72. The molecule has 0 radical (unpaired) electrons. The molecule has 86 valence electrons. The van der Waals surface area contributed by atoms with Gasteiger partial charge in [-0.2, -0.15) is 0 Å². The van der Waals surface area contributed by atoms with Crippen LogP contribution >= 0.6 is 11.3 Å². The average molecular weight is 244 g/mol. The maximum Gasteiger partial charge on any atom is 0.161 e. The molecule has 0 saturated carbocycles. The molecule has 17 heavy (non-hydrogen) atoms. The van der Waals surface area contributed by atoms with Gasteiger partial charge in [0.25, 0.3) is 0 Å². The topological polar surface area (TPSA) is 56.2 Å². The van der Waals surface area contributed by atoms with Gasteiger partial charge in [0.2, 0.25) is 0 Å². The van der Waals surface area contributed by atoms with Crippen LogP contribution in [-0.4, -0.2) is 14.6 Å². The number of hydrogen-bond acceptors (Lipinski definition) is 4. The molecule has 0 aliphatic carbocycles. The van der Waals surface area contributed by atoms with Crippen molar-refractivity contribution in [3.05, 3.63) is 52.1 Å². The summed E-state index contributed by atoms with van der Waals surface area (Å²) in [7, 11) is 0. The van der Waals surface area contributed by atoms with Crippen molar-refractivity contribution in [1.29, 1.82) is 0 Å². The molecule has 2 N–H and O–H groups in total. The highest BCUT2D eigenvalue weighted by Crippen LogP contribution is 2.15. The van der Waals surface area contributed by atoms with Gasteiger partial charge in [-0.3, -0.25) is 4.40 Å². The molecule has 0 atom stereocenters. The van der Waals surface area contributed by atoms with Gasteiger partial charge in [-0.05, 0) is 29.1 Å². The van der Waals surface area contributed by atoms with E-state index in [2.05, 4.69) is 27.7 Å². The van der Waals surface area contributed by atoms with Gasteiger partial charge in [0.1, 0.15) is 5.82 Å². The van der Waals surface area contributed by atoms with Gasteiger partial charge in [0, 0.05) is 24.0 Å². The van der Waals surface area contributed by atoms with E-state index in [0.29, 0.717) is 6.54 Å². The standard InChI is InChI=1S/C12H12N4S/c13-8-9-3-4-16-11(6-9)14-15-12(16)7-10-2-1-5-17-10/h1-6H,7-8,13H2. The lowest BCUT2D eigenvalue weighted by Crippen LogP contribution is -1.99. The van der Waals surface area contributed by atoms with Crippen molar-refractivity contribution in [3.63, 3.8) is 0 Å². The van der Waals surface area contributed by atoms with Crippen molar-refractivity contribution < 1.29 is 0 Å². The van der Waals surface area contributed by atoms with E-state index in [1.165, 1.54) is 4.88 Å². The molecule has 3 aromatic heterocycles. The highest BCUT2D eigenvalue weighted by Gasteiger charge is 2.07. The quantitative estimate of drug-likeness (QED) is 0.765. The summed E-state index contributed by atoms with van der Waals surface area (Å²) in [5.41, 5.74) is 7.54. The molecule has 0 aliphatic heterocycles. The fourth-order valence-electron chi connectivity index (χ4n) is 1.80. The van der Waals surface area contributed by atoms with Crippen LogP contribution in [0.2, 0.25) is 0 Å². The summed E-state index contributed by atoms with van der Waals surface area (Å²) in [4.78, 5) is 1.29. The monoisotopic (exact) mass is 244 g/mol. The largest absolute Gasteiger partial charge is 0.326 e. The number of rotatable bonds is 3. The molecule has 0 fully saturated rings. The summed E-state index contributed by atoms with van der Waals surface area (Å²) in [6.07, 6.45) is 2.81. The Morgan fingerprint density at radius 3 is 3.00 bits per heavy atom. The van der Waals surface area contributed by atoms with Crippen molar-refractivity contribution in [2.24, 2.45) is 5.73 Å². The molecule has 0 unspecified atom stereocenters. The fourth-order valence-corrected chi connectivity index (χ4v) is 2.50. The Morgan fingerprint density at radius 1 is 1.29 bits per heavy atom. The summed E-state index contributed by atoms with van der Waals surface area (Å²) in [5.74, 6) is 0.964. The van der Waals surface area contributed by atoms with E-state index < -0.39 is 0 Å². The van der Waals surface area contributed by atoms with Crippen LogP contribution in [0.25, 0.3) is 5.65 Å². The Bertz CT molecular complexity index is 627. The molecule has 0 spiro atoms. The highest BCUT2D eigenvalue weighted by atomic mass is 32.1. The van der Waals surface area contributed by atoms with Gasteiger partial charge in [0.05, 0.1) is 0 Å². The van der Waals surface area contributed by atoms with Crippen molar-refractivity contribution in [3.8, 4) is 0 Å². The minimum atomic E-state index is 0.531. The third kappa shape index (κ3) is 1.94. The van der Waals surface area contributed by atoms with Crippen molar-refractivity contribution in [2.45, 2.75) is 13.0 Å². The summed E-state index contributed by atoms with van der Waals surface area (Å²) in [6.45, 7) is 0.531. The number of thiophene rings is 1. The van der Waals surface area contributed by atoms with Crippen LogP contribution in [-0.2, 0) is 13.0 Å². The lowest BCUT2D eigenvalue weighted by molar-refractivity contribution is 0.941. The number of fused-ring (bicyclic) bond motifs is 1. The third-order valence-corrected chi connectivity index (χ3v) is 3.57. The van der Waals surface area contributed by atoms with E-state index in [-0.39, 0.29) is 0 Å². The van der Waals surface area contributed by atoms with Crippen LogP contribution < -0.4 is 5.73 Å². The van der Waals surface area contributed by atoms with Crippen LogP contribution in [0.3, 0.4) is 0 Å². The van der Waals surface area contributed by atoms with Crippen LogP contribution in [0.15, 0.2) is 35.8 Å². The van der Waals surface area contributed by atoms with Crippen LogP contribution in [0.5, 0.6) is 0 Å². The fraction of sp³-hybridized carbons (Fsp3) is 0.167. The molecule has 3 aromatic rings. The van der Waals surface area contributed by atoms with Gasteiger partial charge in [-0.1, -0.05) is 6.07 Å². The summed E-state index contributed by atoms with van der Waals surface area (Å²) in [6, 6.07) is 8.15. The van der Waals surface area contributed by atoms with Crippen LogP contribution in [0.1, 0.15) is 16.3 Å². The Morgan fingerprint density at radius 2 is 2.24 bits per heavy atom. The first-order valence-electron chi connectivity index (χ1n) is 5.42. The predicted octanol–water partition coefficient (Wildman–Crippen LogP) is 1.84. The Kier molecular flexibility index (Phi) is 2.62. The van der Waals surface area contributed by atoms with E-state index in [1.54, 1.807) is 11.3 Å². The summed E-state index contributed by atoms with van der Waals surface area (Å²) in [5, 5.41) is 10.5. The lowest BCUT2D eigenvalue weighted by Gasteiger charge is -2.00. The van der Waals surface area contributed by atoms with E-state index in [4.69, 9.17) is 5.73 Å². The molecular weight excluding hydrogens is 232 g/mol. The third-order valence-electron chi connectivity index (χ3n) is 2.69. The molecule has 0 amide bonds. The van der Waals surface area contributed by atoms with E-state index in [1.807, 2.05) is 22.7 Å². The number of nitrogens with two attached hydrogens (primary N) is 1. The maximum atomic E-state index is 5.60. The number of aromatic nitrogens is 3. The normalized spacial score (nSPS) is 11.1. The molecular formula is C12H12N4S. The zero-order chi connectivity index (χ0) is 11.7. The number of hydrogen-bond donors (Lipinski definition) is 1. The van der Waals surface area contributed by atoms with E-state index in [9.17, 15) is 0 Å². The Balaban J connectivity index is 2.00. The predicted molar refractivity (Wildman–Crippen MR) is 68.0 cm³/mol. The average Bonchev–Trinajstić information content (AvgIpc) is 2.99. The van der Waals surface area contributed by atoms with Gasteiger partial charge in [-0.15, -0.1) is 21.5 Å². The second-order valence-electron chi connectivity index (χ2n) is 3.84. The summed E-state index contributed by atoms with van der Waals surface area (Å²) >= 11 is 1.74. The SMILES string of the molecule is NCc1ccn2c(Cc3cccs3)nnc2c1. The smallest absolute Gasteiger partial charge is 0.161 e. The molecule has 0 aliphatic rings. The number of nitrogens with zero attached hydrogens (tertiary/aromatic N) is 3. The molecule has 0 bridgehead atoms. The highest BCUT2D eigenvalue weighted by molar-refractivity contribution is 7.09. The first-order chi connectivity index (χ1) is 8.36. The molecule has 4 nitrogen and oxygen atoms in total. The van der Waals surface area contributed by atoms with Gasteiger partial charge in [-0.25, -0.2) is 0 Å². The molecule has 5 heteroatoms. The first-order valence-corrected chi connectivity index (χ1v) is 6.30. The lowest BCUT2D eigenvalue weighted by atomic mass is 10.2. The first kappa shape index (κ1) is 10.4. The van der Waals surface area contributed by atoms with Crippen molar-refractivity contribution >= 4 is 17.0 Å². The second-order valence-corrected chi connectivity index (χ2v) is 4.87. The van der Waals surface area contributed by atoms with E-state index >= 15 is 0 Å². The molecule has 3 heterocycles. The van der Waals surface area contributed by atoms with Gasteiger partial charge >= 0.3 is 0 Å². The minimum absolute atomic E-state index is 0.531. The zero-order valence-electron chi connectivity index (χ0n) is 9.21. The molecule has 0 saturated heterocycles. The van der Waals surface area contributed by atoms with Crippen LogP contribution in [0.4, 0.5) is 0 Å². The summed E-state index contributed by atoms with van der Waals surface area (Å²) < 4.78 is 2.01. The van der Waals surface area contributed by atoms with Gasteiger partial charge in [0.15, 0.2) is 5.65 Å². The maximum absolute atomic E-state index is 5.60. The van der Waals surface area contributed by atoms with Crippen molar-refractivity contribution in [2.75, 3.05) is 0 Å². The van der Waals surface area contributed by atoms with Crippen molar-refractivity contribution in [1.82, 2.24) is 14.6 Å². The Labute approximate surface area is 103 Å². The van der Waals surface area contributed by atoms with E-state index in [0.717, 1.165) is 23.5 Å². The molecule has 0 aromatic carbocycles. The van der Waals surface area contributed by atoms with Gasteiger partial charge < -0.3 is 5.73 Å². The minimum Gasteiger partial charge on any atom is -0.326 e. The van der Waals surface area contributed by atoms with Crippen LogP contribution in [0, 0.1) is 0 Å². The number of pyridine rings is 1. The second kappa shape index (κ2) is 4.27. The molecule has 3 rings (SSSR count). The zero-order valence-corrected chi connectivity index (χ0v) is 10.0.